The standard InChI is InChI=1S/C28H37N3O5/c1-5-21-24-22(15-28(16-29-25(24)33)11-13-35-14-12-28)31(30-21)17-27(3,4)18-36-26(34)20-9-7-19(8-10-20)23(32)6-2/h7-10H,5-6,11-18H2,1-4H3,(H,29,33). The summed E-state index contributed by atoms with van der Waals surface area (Å²) in [6, 6.07) is 6.59. The predicted molar refractivity (Wildman–Crippen MR) is 135 cm³/mol. The Morgan fingerprint density at radius 1 is 1.14 bits per heavy atom. The molecule has 1 fully saturated rings. The number of aryl methyl sites for hydroxylation is 1. The molecular weight excluding hydrogens is 458 g/mol. The first-order valence-electron chi connectivity index (χ1n) is 12.9. The molecule has 1 N–H and O–H groups in total. The van der Waals surface area contributed by atoms with Crippen LogP contribution in [0, 0.1) is 10.8 Å². The molecule has 2 aliphatic heterocycles. The van der Waals surface area contributed by atoms with Gasteiger partial charge in [0.25, 0.3) is 5.91 Å². The lowest BCUT2D eigenvalue weighted by Gasteiger charge is -2.36. The van der Waals surface area contributed by atoms with E-state index >= 15 is 0 Å². The molecule has 1 aromatic heterocycles. The molecule has 1 amide bonds. The van der Waals surface area contributed by atoms with Gasteiger partial charge in [0.2, 0.25) is 0 Å². The molecule has 0 unspecified atom stereocenters. The summed E-state index contributed by atoms with van der Waals surface area (Å²) >= 11 is 0. The van der Waals surface area contributed by atoms with Crippen molar-refractivity contribution in [2.75, 3.05) is 26.4 Å². The highest BCUT2D eigenvalue weighted by Crippen LogP contribution is 2.38. The number of Topliss-reactive ketones (excluding diaryl/α,β-unsaturated/α-hetero) is 1. The molecule has 0 aliphatic carbocycles. The molecule has 0 bridgehead atoms. The summed E-state index contributed by atoms with van der Waals surface area (Å²) in [6.45, 7) is 10.7. The van der Waals surface area contributed by atoms with Crippen LogP contribution in [-0.2, 0) is 28.9 Å². The molecule has 1 spiro atoms. The smallest absolute Gasteiger partial charge is 0.338 e. The van der Waals surface area contributed by atoms with Crippen molar-refractivity contribution in [3.8, 4) is 0 Å². The van der Waals surface area contributed by atoms with Crippen molar-refractivity contribution in [1.82, 2.24) is 15.1 Å². The minimum atomic E-state index is -0.423. The maximum Gasteiger partial charge on any atom is 0.338 e. The Hall–Kier alpha value is -3.00. The molecule has 194 valence electrons. The first-order chi connectivity index (χ1) is 17.2. The van der Waals surface area contributed by atoms with E-state index in [1.165, 1.54) is 0 Å². The summed E-state index contributed by atoms with van der Waals surface area (Å²) in [5.41, 5.74) is 3.05. The van der Waals surface area contributed by atoms with Gasteiger partial charge in [0, 0.05) is 43.7 Å². The third-order valence-corrected chi connectivity index (χ3v) is 7.35. The number of carbonyl (C=O) groups is 3. The first-order valence-corrected chi connectivity index (χ1v) is 12.9. The van der Waals surface area contributed by atoms with E-state index in [0.29, 0.717) is 55.8 Å². The predicted octanol–water partition coefficient (Wildman–Crippen LogP) is 4.00. The molecule has 2 aromatic rings. The Bertz CT molecular complexity index is 1130. The van der Waals surface area contributed by atoms with Crippen molar-refractivity contribution in [2.45, 2.75) is 66.3 Å². The van der Waals surface area contributed by atoms with Crippen molar-refractivity contribution in [3.63, 3.8) is 0 Å². The van der Waals surface area contributed by atoms with Crippen LogP contribution in [0.15, 0.2) is 24.3 Å². The van der Waals surface area contributed by atoms with Gasteiger partial charge in [-0.25, -0.2) is 4.79 Å². The lowest BCUT2D eigenvalue weighted by Crippen LogP contribution is -2.41. The number of ether oxygens (including phenoxy) is 2. The summed E-state index contributed by atoms with van der Waals surface area (Å²) in [4.78, 5) is 37.6. The number of aromatic nitrogens is 2. The van der Waals surface area contributed by atoms with Gasteiger partial charge in [-0.1, -0.05) is 39.8 Å². The molecule has 1 saturated heterocycles. The molecule has 0 saturated carbocycles. The third kappa shape index (κ3) is 5.53. The second-order valence-corrected chi connectivity index (χ2v) is 10.8. The Morgan fingerprint density at radius 2 is 1.81 bits per heavy atom. The van der Waals surface area contributed by atoms with Gasteiger partial charge in [-0.05, 0) is 43.2 Å². The van der Waals surface area contributed by atoms with Crippen LogP contribution < -0.4 is 5.32 Å². The number of benzene rings is 1. The van der Waals surface area contributed by atoms with E-state index in [-0.39, 0.29) is 23.7 Å². The van der Waals surface area contributed by atoms with Crippen LogP contribution in [0.4, 0.5) is 0 Å². The molecule has 1 aromatic carbocycles. The number of nitrogens with one attached hydrogen (secondary N) is 1. The Labute approximate surface area is 212 Å². The highest BCUT2D eigenvalue weighted by atomic mass is 16.5. The Morgan fingerprint density at radius 3 is 2.44 bits per heavy atom. The van der Waals surface area contributed by atoms with Crippen LogP contribution in [-0.4, -0.2) is 53.8 Å². The van der Waals surface area contributed by atoms with Crippen molar-refractivity contribution < 1.29 is 23.9 Å². The van der Waals surface area contributed by atoms with E-state index < -0.39 is 11.4 Å². The number of fused-ring (bicyclic) bond motifs is 1. The highest BCUT2D eigenvalue weighted by molar-refractivity contribution is 5.98. The lowest BCUT2D eigenvalue weighted by molar-refractivity contribution is 0.0145. The Kier molecular flexibility index (Phi) is 7.64. The monoisotopic (exact) mass is 495 g/mol. The SMILES string of the molecule is CCC(=O)c1ccc(C(=O)OCC(C)(C)Cn2nc(CC)c3c2CC2(CCOCC2)CNC3=O)cc1. The number of rotatable bonds is 8. The van der Waals surface area contributed by atoms with E-state index in [1.807, 2.05) is 32.4 Å². The fourth-order valence-electron chi connectivity index (χ4n) is 5.10. The Balaban J connectivity index is 1.49. The zero-order valence-electron chi connectivity index (χ0n) is 21.8. The first kappa shape index (κ1) is 26.1. The van der Waals surface area contributed by atoms with Gasteiger partial charge in [-0.3, -0.25) is 14.3 Å². The van der Waals surface area contributed by atoms with Gasteiger partial charge in [-0.15, -0.1) is 0 Å². The van der Waals surface area contributed by atoms with Crippen LogP contribution in [0.1, 0.15) is 89.4 Å². The second kappa shape index (κ2) is 10.5. The topological polar surface area (TPSA) is 99.5 Å². The summed E-state index contributed by atoms with van der Waals surface area (Å²) in [7, 11) is 0. The van der Waals surface area contributed by atoms with Crippen LogP contribution in [0.25, 0.3) is 0 Å². The number of hydrogen-bond donors (Lipinski definition) is 1. The molecule has 36 heavy (non-hydrogen) atoms. The maximum atomic E-state index is 13.1. The molecule has 8 heteroatoms. The molecule has 0 radical (unpaired) electrons. The number of nitrogens with zero attached hydrogens (tertiary/aromatic N) is 2. The van der Waals surface area contributed by atoms with Gasteiger partial charge in [0.1, 0.15) is 0 Å². The summed E-state index contributed by atoms with van der Waals surface area (Å²) in [5, 5.41) is 7.98. The average Bonchev–Trinajstić information content (AvgIpc) is 3.14. The third-order valence-electron chi connectivity index (χ3n) is 7.35. The number of amides is 1. The fourth-order valence-corrected chi connectivity index (χ4v) is 5.10. The molecule has 8 nitrogen and oxygen atoms in total. The van der Waals surface area contributed by atoms with Crippen molar-refractivity contribution in [2.24, 2.45) is 10.8 Å². The summed E-state index contributed by atoms with van der Waals surface area (Å²) in [6.07, 6.45) is 3.68. The molecular formula is C28H37N3O5. The largest absolute Gasteiger partial charge is 0.461 e. The quantitative estimate of drug-likeness (QED) is 0.439. The van der Waals surface area contributed by atoms with Gasteiger partial charge in [-0.2, -0.15) is 5.10 Å². The van der Waals surface area contributed by atoms with E-state index in [9.17, 15) is 14.4 Å². The normalized spacial score (nSPS) is 17.3. The minimum Gasteiger partial charge on any atom is -0.461 e. The van der Waals surface area contributed by atoms with Crippen molar-refractivity contribution >= 4 is 17.7 Å². The van der Waals surface area contributed by atoms with Gasteiger partial charge < -0.3 is 14.8 Å². The minimum absolute atomic E-state index is 0.0239. The van der Waals surface area contributed by atoms with Gasteiger partial charge in [0.05, 0.1) is 29.1 Å². The molecule has 4 rings (SSSR count). The summed E-state index contributed by atoms with van der Waals surface area (Å²) < 4.78 is 13.2. The number of esters is 1. The molecule has 3 heterocycles. The van der Waals surface area contributed by atoms with Crippen LogP contribution in [0.3, 0.4) is 0 Å². The number of ketones is 1. The second-order valence-electron chi connectivity index (χ2n) is 10.8. The van der Waals surface area contributed by atoms with E-state index in [1.54, 1.807) is 24.3 Å². The van der Waals surface area contributed by atoms with Gasteiger partial charge >= 0.3 is 5.97 Å². The van der Waals surface area contributed by atoms with Crippen LogP contribution in [0.2, 0.25) is 0 Å². The molecule has 0 atom stereocenters. The zero-order valence-corrected chi connectivity index (χ0v) is 21.8. The fraction of sp³-hybridized carbons (Fsp3) is 0.571. The zero-order chi connectivity index (χ0) is 25.9. The number of carbonyl (C=O) groups excluding carboxylic acids is 3. The maximum absolute atomic E-state index is 13.1. The van der Waals surface area contributed by atoms with Crippen LogP contribution >= 0.6 is 0 Å². The van der Waals surface area contributed by atoms with E-state index in [0.717, 1.165) is 30.7 Å². The average molecular weight is 496 g/mol. The van der Waals surface area contributed by atoms with E-state index in [4.69, 9.17) is 14.6 Å². The van der Waals surface area contributed by atoms with Crippen molar-refractivity contribution in [1.29, 1.82) is 0 Å². The summed E-state index contributed by atoms with van der Waals surface area (Å²) in [5.74, 6) is -0.435. The highest BCUT2D eigenvalue weighted by Gasteiger charge is 2.40. The molecule has 2 aliphatic rings. The van der Waals surface area contributed by atoms with Crippen molar-refractivity contribution in [3.05, 3.63) is 52.3 Å². The van der Waals surface area contributed by atoms with Gasteiger partial charge in [0.15, 0.2) is 5.78 Å². The van der Waals surface area contributed by atoms with Crippen LogP contribution in [0.5, 0.6) is 0 Å². The number of hydrogen-bond acceptors (Lipinski definition) is 6. The lowest BCUT2D eigenvalue weighted by atomic mass is 9.76. The van der Waals surface area contributed by atoms with E-state index in [2.05, 4.69) is 5.32 Å².